The lowest BCUT2D eigenvalue weighted by Gasteiger charge is -2.15. The molecule has 0 atom stereocenters. The lowest BCUT2D eigenvalue weighted by molar-refractivity contribution is -0.114. The summed E-state index contributed by atoms with van der Waals surface area (Å²) >= 11 is 0. The maximum Gasteiger partial charge on any atom is 0.340 e. The van der Waals surface area contributed by atoms with Crippen LogP contribution < -0.4 is 15.4 Å². The summed E-state index contributed by atoms with van der Waals surface area (Å²) in [7, 11) is 1.26. The normalized spacial score (nSPS) is 9.91. The van der Waals surface area contributed by atoms with Crippen molar-refractivity contribution in [2.24, 2.45) is 0 Å². The Bertz CT molecular complexity index is 632. The summed E-state index contributed by atoms with van der Waals surface area (Å²) < 4.78 is 10.2. The van der Waals surface area contributed by atoms with Gasteiger partial charge in [0.25, 0.3) is 0 Å². The van der Waals surface area contributed by atoms with Gasteiger partial charge in [0.2, 0.25) is 5.91 Å². The Morgan fingerprint density at radius 3 is 2.64 bits per heavy atom. The number of nitriles is 1. The lowest BCUT2D eigenvalue weighted by atomic mass is 10.1. The molecule has 0 aliphatic rings. The Balaban J connectivity index is 3.36. The van der Waals surface area contributed by atoms with Crippen molar-refractivity contribution in [3.8, 4) is 11.8 Å². The third-order valence-electron chi connectivity index (χ3n) is 2.53. The van der Waals surface area contributed by atoms with E-state index in [1.807, 2.05) is 6.07 Å². The first-order valence-electron chi connectivity index (χ1n) is 6.51. The van der Waals surface area contributed by atoms with Crippen molar-refractivity contribution in [3.63, 3.8) is 0 Å². The van der Waals surface area contributed by atoms with Crippen molar-refractivity contribution in [1.82, 2.24) is 0 Å². The molecule has 1 aromatic rings. The number of allylic oxidation sites excluding steroid dienone is 1. The Labute approximate surface area is 128 Å². The van der Waals surface area contributed by atoms with Crippen molar-refractivity contribution in [1.29, 1.82) is 5.26 Å². The Morgan fingerprint density at radius 2 is 2.09 bits per heavy atom. The number of carbonyl (C=O) groups excluding carboxylic acids is 2. The minimum Gasteiger partial charge on any atom is -0.492 e. The van der Waals surface area contributed by atoms with Crippen LogP contribution in [0.15, 0.2) is 24.4 Å². The van der Waals surface area contributed by atoms with Crippen molar-refractivity contribution >= 4 is 23.3 Å². The summed E-state index contributed by atoms with van der Waals surface area (Å²) in [6.07, 6.45) is 2.61. The third-order valence-corrected chi connectivity index (χ3v) is 2.53. The van der Waals surface area contributed by atoms with Gasteiger partial charge >= 0.3 is 5.97 Å². The van der Waals surface area contributed by atoms with Gasteiger partial charge in [-0.05, 0) is 13.0 Å². The topological polar surface area (TPSA) is 100 Å². The summed E-state index contributed by atoms with van der Waals surface area (Å²) in [5.41, 5.74) is 0.970. The van der Waals surface area contributed by atoms with Crippen LogP contribution in [0, 0.1) is 11.3 Å². The molecule has 0 saturated heterocycles. The van der Waals surface area contributed by atoms with E-state index in [1.165, 1.54) is 32.4 Å². The number of benzene rings is 1. The van der Waals surface area contributed by atoms with E-state index in [4.69, 9.17) is 14.7 Å². The third kappa shape index (κ3) is 4.52. The van der Waals surface area contributed by atoms with Crippen LogP contribution in [0.3, 0.4) is 0 Å². The average molecular weight is 303 g/mol. The van der Waals surface area contributed by atoms with Crippen molar-refractivity contribution in [2.75, 3.05) is 24.4 Å². The highest BCUT2D eigenvalue weighted by atomic mass is 16.5. The number of hydrogen-bond acceptors (Lipinski definition) is 6. The van der Waals surface area contributed by atoms with E-state index in [0.717, 1.165) is 0 Å². The molecule has 0 bridgehead atoms. The molecule has 0 fully saturated rings. The number of nitrogens with zero attached hydrogens (tertiary/aromatic N) is 1. The van der Waals surface area contributed by atoms with Crippen LogP contribution in [0.4, 0.5) is 11.4 Å². The second-order valence-corrected chi connectivity index (χ2v) is 4.11. The zero-order valence-electron chi connectivity index (χ0n) is 12.6. The molecule has 116 valence electrons. The predicted molar refractivity (Wildman–Crippen MR) is 81.6 cm³/mol. The van der Waals surface area contributed by atoms with E-state index >= 15 is 0 Å². The van der Waals surface area contributed by atoms with Crippen LogP contribution in [0.1, 0.15) is 24.2 Å². The first kappa shape index (κ1) is 17.0. The Kier molecular flexibility index (Phi) is 6.44. The Hall–Kier alpha value is -3.01. The zero-order valence-corrected chi connectivity index (χ0v) is 12.6. The van der Waals surface area contributed by atoms with E-state index in [2.05, 4.69) is 10.6 Å². The van der Waals surface area contributed by atoms with Crippen LogP contribution in [0.2, 0.25) is 0 Å². The van der Waals surface area contributed by atoms with Crippen LogP contribution in [0.5, 0.6) is 5.75 Å². The van der Waals surface area contributed by atoms with Crippen LogP contribution >= 0.6 is 0 Å². The first-order chi connectivity index (χ1) is 10.5. The Morgan fingerprint density at radius 1 is 1.36 bits per heavy atom. The minimum atomic E-state index is -0.581. The molecule has 0 heterocycles. The van der Waals surface area contributed by atoms with Crippen LogP contribution in [0.25, 0.3) is 0 Å². The molecule has 0 unspecified atom stereocenters. The molecule has 1 rings (SSSR count). The number of ether oxygens (including phenoxy) is 2. The molecular weight excluding hydrogens is 286 g/mol. The molecule has 0 aromatic heterocycles. The number of amides is 1. The first-order valence-corrected chi connectivity index (χ1v) is 6.51. The van der Waals surface area contributed by atoms with Gasteiger partial charge in [0.1, 0.15) is 5.75 Å². The molecule has 0 aliphatic heterocycles. The van der Waals surface area contributed by atoms with Gasteiger partial charge in [-0.1, -0.05) is 0 Å². The van der Waals surface area contributed by atoms with E-state index in [-0.39, 0.29) is 11.5 Å². The predicted octanol–water partition coefficient (Wildman–Crippen LogP) is 2.28. The molecule has 7 nitrogen and oxygen atoms in total. The summed E-state index contributed by atoms with van der Waals surface area (Å²) in [6, 6.07) is 4.85. The molecule has 7 heteroatoms. The van der Waals surface area contributed by atoms with Crippen LogP contribution in [-0.2, 0) is 9.53 Å². The fourth-order valence-corrected chi connectivity index (χ4v) is 1.71. The van der Waals surface area contributed by atoms with E-state index in [9.17, 15) is 9.59 Å². The minimum absolute atomic E-state index is 0.206. The maximum absolute atomic E-state index is 11.9. The van der Waals surface area contributed by atoms with Crippen molar-refractivity contribution in [3.05, 3.63) is 30.0 Å². The number of carbonyl (C=O) groups is 2. The summed E-state index contributed by atoms with van der Waals surface area (Å²) in [5, 5.41) is 13.9. The van der Waals surface area contributed by atoms with Gasteiger partial charge in [-0.2, -0.15) is 5.26 Å². The monoisotopic (exact) mass is 303 g/mol. The maximum atomic E-state index is 11.9. The van der Waals surface area contributed by atoms with E-state index in [1.54, 1.807) is 13.0 Å². The fourth-order valence-electron chi connectivity index (χ4n) is 1.71. The highest BCUT2D eigenvalue weighted by Crippen LogP contribution is 2.32. The summed E-state index contributed by atoms with van der Waals surface area (Å²) in [5.74, 6) is -0.470. The highest BCUT2D eigenvalue weighted by molar-refractivity contribution is 6.00. The van der Waals surface area contributed by atoms with Gasteiger partial charge in [0, 0.05) is 25.3 Å². The quantitative estimate of drug-likeness (QED) is 0.617. The molecular formula is C15H17N3O4. The number of esters is 1. The van der Waals surface area contributed by atoms with E-state index in [0.29, 0.717) is 23.7 Å². The second-order valence-electron chi connectivity index (χ2n) is 4.11. The fraction of sp³-hybridized carbons (Fsp3) is 0.267. The number of anilines is 2. The lowest BCUT2D eigenvalue weighted by Crippen LogP contribution is -2.12. The van der Waals surface area contributed by atoms with Gasteiger partial charge in [-0.15, -0.1) is 0 Å². The number of methoxy groups -OCH3 is 1. The van der Waals surface area contributed by atoms with Gasteiger partial charge in [-0.3, -0.25) is 4.79 Å². The molecule has 0 saturated carbocycles. The molecule has 1 aromatic carbocycles. The second kappa shape index (κ2) is 8.32. The van der Waals surface area contributed by atoms with Crippen molar-refractivity contribution in [2.45, 2.75) is 13.8 Å². The van der Waals surface area contributed by atoms with Crippen molar-refractivity contribution < 1.29 is 19.1 Å². The van der Waals surface area contributed by atoms with Gasteiger partial charge in [0.05, 0.1) is 36.7 Å². The van der Waals surface area contributed by atoms with Gasteiger partial charge in [0.15, 0.2) is 0 Å². The zero-order chi connectivity index (χ0) is 16.5. The summed E-state index contributed by atoms with van der Waals surface area (Å²) in [4.78, 5) is 23.1. The largest absolute Gasteiger partial charge is 0.492 e. The number of rotatable bonds is 6. The molecule has 0 radical (unpaired) electrons. The SMILES string of the molecule is CCOc1cc(NC=CC#N)c(C(=O)OC)cc1NC(C)=O. The average Bonchev–Trinajstić information content (AvgIpc) is 2.48. The molecule has 1 amide bonds. The molecule has 2 N–H and O–H groups in total. The van der Waals surface area contributed by atoms with Crippen LogP contribution in [-0.4, -0.2) is 25.6 Å². The van der Waals surface area contributed by atoms with Gasteiger partial charge < -0.3 is 20.1 Å². The number of hydrogen-bond donors (Lipinski definition) is 2. The molecule has 22 heavy (non-hydrogen) atoms. The number of nitrogens with one attached hydrogen (secondary N) is 2. The molecule has 0 aliphatic carbocycles. The molecule has 0 spiro atoms. The van der Waals surface area contributed by atoms with Gasteiger partial charge in [-0.25, -0.2) is 4.79 Å². The highest BCUT2D eigenvalue weighted by Gasteiger charge is 2.17. The standard InChI is InChI=1S/C15H17N3O4/c1-4-22-14-9-12(17-7-5-6-16)11(15(20)21-3)8-13(14)18-10(2)19/h5,7-9,17H,4H2,1-3H3,(H,18,19). The van der Waals surface area contributed by atoms with E-state index < -0.39 is 5.97 Å². The summed E-state index contributed by atoms with van der Waals surface area (Å²) in [6.45, 7) is 3.54. The smallest absolute Gasteiger partial charge is 0.340 e.